The second-order valence-electron chi connectivity index (χ2n) is 5.94. The van der Waals surface area contributed by atoms with Crippen molar-refractivity contribution in [2.75, 3.05) is 0 Å². The number of rotatable bonds is 12. The number of hydrogen-bond donors (Lipinski definition) is 0. The van der Waals surface area contributed by atoms with Gasteiger partial charge in [-0.25, -0.2) is 0 Å². The maximum atomic E-state index is 8.55. The van der Waals surface area contributed by atoms with Crippen molar-refractivity contribution in [3.05, 3.63) is 0 Å². The van der Waals surface area contributed by atoms with Crippen LogP contribution in [0.25, 0.3) is 0 Å². The second-order valence-corrected chi connectivity index (χ2v) is 11.1. The van der Waals surface area contributed by atoms with E-state index in [-0.39, 0.29) is 36.7 Å². The molecule has 0 aliphatic heterocycles. The van der Waals surface area contributed by atoms with E-state index in [1.807, 2.05) is 0 Å². The fraction of sp³-hybridized carbons (Fsp3) is 1.00. The zero-order valence-corrected chi connectivity index (χ0v) is 18.9. The normalized spacial score (nSPS) is 13.8. The molecule has 0 fully saturated rings. The number of unbranched alkanes of at least 4 members (excludes halogenated alkanes) is 2. The molecule has 0 spiro atoms. The van der Waals surface area contributed by atoms with Gasteiger partial charge in [0.2, 0.25) is 0 Å². The molecular formula is C16H34NdO4P. The number of hydrogen-bond acceptors (Lipinski definition) is 4. The Morgan fingerprint density at radius 2 is 1.14 bits per heavy atom. The molecule has 0 bridgehead atoms. The molecule has 0 aromatic heterocycles. The SMILES string of the molecule is CCCCC(CC)[CH2][Nd+3][CH2]C(CC)CCCC.O=P([O-])([O-])[O-]. The fourth-order valence-electron chi connectivity index (χ4n) is 2.38. The summed E-state index contributed by atoms with van der Waals surface area (Å²) in [5.41, 5.74) is 0. The van der Waals surface area contributed by atoms with Crippen LogP contribution < -0.4 is 14.7 Å². The Morgan fingerprint density at radius 1 is 0.818 bits per heavy atom. The van der Waals surface area contributed by atoms with Crippen molar-refractivity contribution in [3.8, 4) is 0 Å². The van der Waals surface area contributed by atoms with Gasteiger partial charge in [-0.05, 0) is 0 Å². The topological polar surface area (TPSA) is 86.2 Å². The van der Waals surface area contributed by atoms with Gasteiger partial charge in [0.1, 0.15) is 0 Å². The van der Waals surface area contributed by atoms with Gasteiger partial charge in [0, 0.05) is 0 Å². The van der Waals surface area contributed by atoms with E-state index in [2.05, 4.69) is 27.7 Å². The molecule has 2 atom stereocenters. The van der Waals surface area contributed by atoms with Crippen LogP contribution in [0, 0.1) is 48.5 Å². The first-order valence-electron chi connectivity index (χ1n) is 8.72. The van der Waals surface area contributed by atoms with Gasteiger partial charge in [0.05, 0.1) is 0 Å². The van der Waals surface area contributed by atoms with Crippen molar-refractivity contribution in [3.63, 3.8) is 0 Å². The minimum atomic E-state index is -5.39. The van der Waals surface area contributed by atoms with Gasteiger partial charge in [-0.2, -0.15) is 7.82 Å². The van der Waals surface area contributed by atoms with Gasteiger partial charge in [0.25, 0.3) is 0 Å². The van der Waals surface area contributed by atoms with E-state index in [9.17, 15) is 0 Å². The van der Waals surface area contributed by atoms with E-state index in [0.29, 0.717) is 0 Å². The predicted molar refractivity (Wildman–Crippen MR) is 83.8 cm³/mol. The molecule has 0 saturated heterocycles. The Kier molecular flexibility index (Phi) is 20.2. The summed E-state index contributed by atoms with van der Waals surface area (Å²) in [6.45, 7) is 9.45. The van der Waals surface area contributed by atoms with Gasteiger partial charge < -0.3 is 19.2 Å². The quantitative estimate of drug-likeness (QED) is 0.413. The first-order valence-corrected chi connectivity index (χ1v) is 14.7. The Bertz CT molecular complexity index is 247. The Morgan fingerprint density at radius 3 is 1.36 bits per heavy atom. The van der Waals surface area contributed by atoms with E-state index in [4.69, 9.17) is 19.2 Å². The summed E-state index contributed by atoms with van der Waals surface area (Å²) in [4.78, 5) is 25.6. The van der Waals surface area contributed by atoms with Crippen LogP contribution in [-0.2, 0) is 4.57 Å². The van der Waals surface area contributed by atoms with Crippen LogP contribution in [0.2, 0.25) is 4.14 Å². The summed E-state index contributed by atoms with van der Waals surface area (Å²) in [7, 11) is -5.39. The maximum absolute atomic E-state index is 8.55. The molecule has 0 amide bonds. The molecule has 0 aliphatic rings. The van der Waals surface area contributed by atoms with Crippen LogP contribution in [0.1, 0.15) is 79.1 Å². The van der Waals surface area contributed by atoms with Gasteiger partial charge >= 0.3 is 132 Å². The third-order valence-electron chi connectivity index (χ3n) is 3.95. The molecule has 0 aromatic carbocycles. The molecule has 2 unspecified atom stereocenters. The van der Waals surface area contributed by atoms with Crippen molar-refractivity contribution in [1.82, 2.24) is 0 Å². The van der Waals surface area contributed by atoms with E-state index in [1.165, 1.54) is 51.4 Å². The Balaban J connectivity index is 0. The Hall–Kier alpha value is 1.46. The van der Waals surface area contributed by atoms with Crippen molar-refractivity contribution in [2.45, 2.75) is 83.2 Å². The van der Waals surface area contributed by atoms with Crippen LogP contribution in [0.3, 0.4) is 0 Å². The van der Waals surface area contributed by atoms with Crippen molar-refractivity contribution in [2.24, 2.45) is 11.8 Å². The van der Waals surface area contributed by atoms with E-state index in [0.717, 1.165) is 11.8 Å². The predicted octanol–water partition coefficient (Wildman–Crippen LogP) is 3.52. The minimum absolute atomic E-state index is 0.257. The smallest absolute Gasteiger partial charge is 0.159 e. The second kappa shape index (κ2) is 17.3. The van der Waals surface area contributed by atoms with Crippen LogP contribution in [0.15, 0.2) is 0 Å². The first-order chi connectivity index (χ1) is 10.3. The molecule has 22 heavy (non-hydrogen) atoms. The van der Waals surface area contributed by atoms with Crippen LogP contribution in [-0.4, -0.2) is 0 Å². The molecule has 0 saturated carbocycles. The van der Waals surface area contributed by atoms with E-state index >= 15 is 0 Å². The van der Waals surface area contributed by atoms with Crippen molar-refractivity contribution in [1.29, 1.82) is 0 Å². The van der Waals surface area contributed by atoms with E-state index < -0.39 is 7.82 Å². The molecule has 4 nitrogen and oxygen atoms in total. The summed E-state index contributed by atoms with van der Waals surface area (Å²) < 4.78 is 11.9. The molecular weight excluding hydrogens is 431 g/mol. The molecule has 131 valence electrons. The minimum Gasteiger partial charge on any atom is -0.822 e. The average molecular weight is 466 g/mol. The molecule has 0 heterocycles. The molecule has 0 radical (unpaired) electrons. The zero-order chi connectivity index (χ0) is 17.4. The third-order valence-corrected chi connectivity index (χ3v) is 9.51. The number of phosphoric acid groups is 1. The third kappa shape index (κ3) is 23.7. The average Bonchev–Trinajstić information content (AvgIpc) is 2.44. The largest absolute Gasteiger partial charge is 0.822 e. The summed E-state index contributed by atoms with van der Waals surface area (Å²) in [6.07, 6.45) is 11.6. The summed E-state index contributed by atoms with van der Waals surface area (Å²) in [5, 5.41) is 0. The van der Waals surface area contributed by atoms with Gasteiger partial charge in [-0.3, -0.25) is 0 Å². The van der Waals surface area contributed by atoms with Crippen molar-refractivity contribution < 1.29 is 56.0 Å². The molecule has 6 heteroatoms. The van der Waals surface area contributed by atoms with E-state index in [1.54, 1.807) is 4.14 Å². The van der Waals surface area contributed by atoms with Crippen LogP contribution in [0.4, 0.5) is 0 Å². The summed E-state index contributed by atoms with van der Waals surface area (Å²) >= 11 is -0.257. The molecule has 0 rings (SSSR count). The molecule has 0 N–H and O–H groups in total. The van der Waals surface area contributed by atoms with Crippen LogP contribution >= 0.6 is 7.82 Å². The monoisotopic (exact) mass is 463 g/mol. The molecule has 0 aliphatic carbocycles. The van der Waals surface area contributed by atoms with Gasteiger partial charge in [-0.15, -0.1) is 0 Å². The Labute approximate surface area is 157 Å². The standard InChI is InChI=1S/2C8H17.Nd.H3O4P/c2*1-4-6-7-8(3)5-2;;1-5(2,3)4/h2*8H,3-7H2,1-2H3;;(H3,1,2,3,4)/q;;+3;/p-3. The van der Waals surface area contributed by atoms with Crippen LogP contribution in [0.5, 0.6) is 0 Å². The first kappa shape index (κ1) is 25.7. The van der Waals surface area contributed by atoms with Gasteiger partial charge in [-0.1, -0.05) is 0 Å². The van der Waals surface area contributed by atoms with Crippen molar-refractivity contribution >= 4 is 7.82 Å². The van der Waals surface area contributed by atoms with Gasteiger partial charge in [0.15, 0.2) is 0 Å². The zero-order valence-electron chi connectivity index (χ0n) is 14.8. The summed E-state index contributed by atoms with van der Waals surface area (Å²) in [6, 6.07) is 0. The summed E-state index contributed by atoms with van der Waals surface area (Å²) in [5.74, 6) is 2.20. The maximum Gasteiger partial charge on any atom is -0.159 e. The fourth-order valence-corrected chi connectivity index (χ4v) is 8.69. The molecule has 0 aromatic rings.